The van der Waals surface area contributed by atoms with Crippen LogP contribution in [0.15, 0.2) is 18.3 Å². The zero-order chi connectivity index (χ0) is 13.4. The first-order valence-corrected chi connectivity index (χ1v) is 6.58. The van der Waals surface area contributed by atoms with E-state index in [1.807, 2.05) is 19.1 Å². The standard InChI is InChI=1S/C14H24N2O2/c1-4-8-15-9-12-6-7-13(10-16-12)18-11-14(3,17)5-2/h6-7,10,15,17H,4-5,8-9,11H2,1-3H3. The van der Waals surface area contributed by atoms with Gasteiger partial charge in [0.15, 0.2) is 0 Å². The molecule has 0 saturated carbocycles. The molecule has 0 saturated heterocycles. The SMILES string of the molecule is CCCNCc1ccc(OCC(C)(O)CC)cn1. The van der Waals surface area contributed by atoms with E-state index in [1.165, 1.54) is 0 Å². The van der Waals surface area contributed by atoms with Crippen molar-refractivity contribution in [3.05, 3.63) is 24.0 Å². The molecule has 0 fully saturated rings. The van der Waals surface area contributed by atoms with Crippen molar-refractivity contribution in [1.29, 1.82) is 0 Å². The summed E-state index contributed by atoms with van der Waals surface area (Å²) in [7, 11) is 0. The van der Waals surface area contributed by atoms with Gasteiger partial charge in [-0.05, 0) is 38.4 Å². The minimum atomic E-state index is -0.776. The maximum absolute atomic E-state index is 9.83. The molecule has 102 valence electrons. The lowest BCUT2D eigenvalue weighted by Crippen LogP contribution is -2.31. The van der Waals surface area contributed by atoms with Gasteiger partial charge in [0.05, 0.1) is 17.5 Å². The van der Waals surface area contributed by atoms with Gasteiger partial charge in [0, 0.05) is 6.54 Å². The Kier molecular flexibility index (Phi) is 6.09. The fraction of sp³-hybridized carbons (Fsp3) is 0.643. The van der Waals surface area contributed by atoms with E-state index in [1.54, 1.807) is 13.1 Å². The Hall–Kier alpha value is -1.13. The first-order chi connectivity index (χ1) is 8.57. The van der Waals surface area contributed by atoms with Crippen LogP contribution in [0.4, 0.5) is 0 Å². The summed E-state index contributed by atoms with van der Waals surface area (Å²) in [6.45, 7) is 7.91. The predicted molar refractivity (Wildman–Crippen MR) is 72.6 cm³/mol. The van der Waals surface area contributed by atoms with Gasteiger partial charge < -0.3 is 15.2 Å². The number of nitrogens with zero attached hydrogens (tertiary/aromatic N) is 1. The topological polar surface area (TPSA) is 54.4 Å². The number of hydrogen-bond donors (Lipinski definition) is 2. The van der Waals surface area contributed by atoms with Gasteiger partial charge in [0.2, 0.25) is 0 Å². The zero-order valence-electron chi connectivity index (χ0n) is 11.6. The number of nitrogens with one attached hydrogen (secondary N) is 1. The van der Waals surface area contributed by atoms with Gasteiger partial charge in [-0.1, -0.05) is 13.8 Å². The van der Waals surface area contributed by atoms with E-state index in [0.717, 1.165) is 25.2 Å². The molecule has 1 aromatic heterocycles. The van der Waals surface area contributed by atoms with Gasteiger partial charge in [-0.15, -0.1) is 0 Å². The molecule has 2 N–H and O–H groups in total. The molecule has 0 bridgehead atoms. The minimum absolute atomic E-state index is 0.290. The van der Waals surface area contributed by atoms with Gasteiger partial charge in [0.25, 0.3) is 0 Å². The number of ether oxygens (including phenoxy) is 1. The first kappa shape index (κ1) is 14.9. The first-order valence-electron chi connectivity index (χ1n) is 6.58. The second-order valence-corrected chi connectivity index (χ2v) is 4.80. The Morgan fingerprint density at radius 1 is 1.39 bits per heavy atom. The summed E-state index contributed by atoms with van der Waals surface area (Å²) in [5.41, 5.74) is 0.222. The van der Waals surface area contributed by atoms with Crippen LogP contribution in [0, 0.1) is 0 Å². The van der Waals surface area contributed by atoms with E-state index < -0.39 is 5.60 Å². The third-order valence-corrected chi connectivity index (χ3v) is 2.84. The van der Waals surface area contributed by atoms with Gasteiger partial charge in [-0.25, -0.2) is 0 Å². The quantitative estimate of drug-likeness (QED) is 0.696. The highest BCUT2D eigenvalue weighted by Crippen LogP contribution is 2.14. The third-order valence-electron chi connectivity index (χ3n) is 2.84. The maximum Gasteiger partial charge on any atom is 0.137 e. The van der Waals surface area contributed by atoms with Crippen LogP contribution in [0.5, 0.6) is 5.75 Å². The van der Waals surface area contributed by atoms with Crippen LogP contribution in [-0.2, 0) is 6.54 Å². The fourth-order valence-electron chi connectivity index (χ4n) is 1.33. The summed E-state index contributed by atoms with van der Waals surface area (Å²) in [6, 6.07) is 3.83. The summed E-state index contributed by atoms with van der Waals surface area (Å²) in [5, 5.41) is 13.1. The molecule has 0 aliphatic carbocycles. The van der Waals surface area contributed by atoms with Gasteiger partial charge in [-0.3, -0.25) is 4.98 Å². The van der Waals surface area contributed by atoms with E-state index in [2.05, 4.69) is 17.2 Å². The van der Waals surface area contributed by atoms with E-state index in [4.69, 9.17) is 4.74 Å². The summed E-state index contributed by atoms with van der Waals surface area (Å²) < 4.78 is 5.51. The lowest BCUT2D eigenvalue weighted by Gasteiger charge is -2.21. The molecule has 1 atom stereocenters. The van der Waals surface area contributed by atoms with Crippen molar-refractivity contribution in [2.24, 2.45) is 0 Å². The highest BCUT2D eigenvalue weighted by Gasteiger charge is 2.18. The van der Waals surface area contributed by atoms with Crippen molar-refractivity contribution in [1.82, 2.24) is 10.3 Å². The van der Waals surface area contributed by atoms with Crippen molar-refractivity contribution in [3.63, 3.8) is 0 Å². The van der Waals surface area contributed by atoms with Crippen LogP contribution < -0.4 is 10.1 Å². The highest BCUT2D eigenvalue weighted by atomic mass is 16.5. The maximum atomic E-state index is 9.83. The molecule has 0 radical (unpaired) electrons. The number of pyridine rings is 1. The molecule has 4 nitrogen and oxygen atoms in total. The van der Waals surface area contributed by atoms with E-state index in [-0.39, 0.29) is 0 Å². The van der Waals surface area contributed by atoms with Crippen LogP contribution in [-0.4, -0.2) is 28.8 Å². The Bertz CT molecular complexity index is 336. The van der Waals surface area contributed by atoms with Crippen LogP contribution in [0.25, 0.3) is 0 Å². The third kappa shape index (κ3) is 5.47. The molecule has 0 aliphatic heterocycles. The van der Waals surface area contributed by atoms with Crippen LogP contribution in [0.3, 0.4) is 0 Å². The molecule has 0 amide bonds. The van der Waals surface area contributed by atoms with Crippen molar-refractivity contribution in [2.45, 2.75) is 45.8 Å². The number of rotatable bonds is 8. The number of aromatic nitrogens is 1. The molecule has 1 aromatic rings. The van der Waals surface area contributed by atoms with Crippen LogP contribution in [0.2, 0.25) is 0 Å². The fourth-order valence-corrected chi connectivity index (χ4v) is 1.33. The smallest absolute Gasteiger partial charge is 0.137 e. The van der Waals surface area contributed by atoms with Crippen molar-refractivity contribution in [3.8, 4) is 5.75 Å². The monoisotopic (exact) mass is 252 g/mol. The normalized spacial score (nSPS) is 14.2. The summed E-state index contributed by atoms with van der Waals surface area (Å²) >= 11 is 0. The Balaban J connectivity index is 2.40. The van der Waals surface area contributed by atoms with Crippen LogP contribution >= 0.6 is 0 Å². The van der Waals surface area contributed by atoms with Gasteiger partial charge >= 0.3 is 0 Å². The average Bonchev–Trinajstić information content (AvgIpc) is 2.38. The van der Waals surface area contributed by atoms with E-state index >= 15 is 0 Å². The predicted octanol–water partition coefficient (Wildman–Crippen LogP) is 2.12. The average molecular weight is 252 g/mol. The highest BCUT2D eigenvalue weighted by molar-refractivity contribution is 5.20. The summed E-state index contributed by atoms with van der Waals surface area (Å²) in [6.07, 6.45) is 3.49. The summed E-state index contributed by atoms with van der Waals surface area (Å²) in [4.78, 5) is 4.31. The summed E-state index contributed by atoms with van der Waals surface area (Å²) in [5.74, 6) is 0.697. The van der Waals surface area contributed by atoms with Gasteiger partial charge in [-0.2, -0.15) is 0 Å². The largest absolute Gasteiger partial charge is 0.489 e. The van der Waals surface area contributed by atoms with E-state index in [9.17, 15) is 5.11 Å². The molecule has 18 heavy (non-hydrogen) atoms. The number of aliphatic hydroxyl groups is 1. The molecule has 0 aromatic carbocycles. The number of hydrogen-bond acceptors (Lipinski definition) is 4. The second kappa shape index (κ2) is 7.34. The molecular formula is C14H24N2O2. The molecular weight excluding hydrogens is 228 g/mol. The molecule has 1 rings (SSSR count). The molecule has 0 spiro atoms. The van der Waals surface area contributed by atoms with Gasteiger partial charge in [0.1, 0.15) is 12.4 Å². The molecule has 1 unspecified atom stereocenters. The van der Waals surface area contributed by atoms with Crippen molar-refractivity contribution in [2.75, 3.05) is 13.2 Å². The van der Waals surface area contributed by atoms with Crippen molar-refractivity contribution >= 4 is 0 Å². The zero-order valence-corrected chi connectivity index (χ0v) is 11.6. The van der Waals surface area contributed by atoms with Crippen LogP contribution in [0.1, 0.15) is 39.3 Å². The molecule has 4 heteroatoms. The van der Waals surface area contributed by atoms with E-state index in [0.29, 0.717) is 18.8 Å². The molecule has 0 aliphatic rings. The van der Waals surface area contributed by atoms with Crippen molar-refractivity contribution < 1.29 is 9.84 Å². The molecule has 1 heterocycles. The second-order valence-electron chi connectivity index (χ2n) is 4.80. The lowest BCUT2D eigenvalue weighted by atomic mass is 10.1. The Labute approximate surface area is 109 Å². The lowest BCUT2D eigenvalue weighted by molar-refractivity contribution is 0.00835. The Morgan fingerprint density at radius 2 is 2.17 bits per heavy atom. The Morgan fingerprint density at radius 3 is 2.72 bits per heavy atom. The minimum Gasteiger partial charge on any atom is -0.489 e.